The Balaban J connectivity index is 2.06. The lowest BCUT2D eigenvalue weighted by molar-refractivity contribution is -0.274. The van der Waals surface area contributed by atoms with Crippen molar-refractivity contribution in [3.8, 4) is 5.75 Å². The predicted octanol–water partition coefficient (Wildman–Crippen LogP) is 2.40. The van der Waals surface area contributed by atoms with E-state index in [2.05, 4.69) is 10.1 Å². The monoisotopic (exact) mass is 306 g/mol. The molecule has 2 rings (SSSR count). The van der Waals surface area contributed by atoms with E-state index in [1.165, 1.54) is 12.1 Å². The number of ether oxygens (including phenoxy) is 1. The quantitative estimate of drug-likeness (QED) is 0.842. The van der Waals surface area contributed by atoms with Crippen molar-refractivity contribution in [1.82, 2.24) is 5.32 Å². The van der Waals surface area contributed by atoms with Gasteiger partial charge in [-0.3, -0.25) is 4.79 Å². The summed E-state index contributed by atoms with van der Waals surface area (Å²) in [6, 6.07) is 3.58. The molecule has 3 N–H and O–H groups in total. The van der Waals surface area contributed by atoms with Crippen LogP contribution in [0.2, 0.25) is 0 Å². The van der Waals surface area contributed by atoms with Gasteiger partial charge in [0.05, 0.1) is 5.69 Å². The summed E-state index contributed by atoms with van der Waals surface area (Å²) in [5.74, 6) is 0.982. The molecule has 0 aliphatic carbocycles. The first kappa shape index (κ1) is 14.8. The zero-order valence-corrected chi connectivity index (χ0v) is 11.2. The van der Waals surface area contributed by atoms with Crippen molar-refractivity contribution in [2.75, 3.05) is 17.2 Å². The molecule has 1 amide bonds. The van der Waals surface area contributed by atoms with Gasteiger partial charge in [-0.25, -0.2) is 0 Å². The summed E-state index contributed by atoms with van der Waals surface area (Å²) in [6.07, 6.45) is -3.92. The van der Waals surface area contributed by atoms with Crippen LogP contribution in [0.1, 0.15) is 16.8 Å². The van der Waals surface area contributed by atoms with E-state index in [1.54, 1.807) is 11.8 Å². The second-order valence-electron chi connectivity index (χ2n) is 4.33. The third-order valence-electron chi connectivity index (χ3n) is 2.76. The lowest BCUT2D eigenvalue weighted by atomic mass is 10.1. The van der Waals surface area contributed by atoms with E-state index in [1.807, 2.05) is 0 Å². The number of hydrogen-bond acceptors (Lipinski definition) is 4. The van der Waals surface area contributed by atoms with E-state index >= 15 is 0 Å². The number of nitrogens with one attached hydrogen (secondary N) is 1. The Bertz CT molecular complexity index is 502. The molecular weight excluding hydrogens is 293 g/mol. The lowest BCUT2D eigenvalue weighted by Gasteiger charge is -2.14. The van der Waals surface area contributed by atoms with E-state index in [0.717, 1.165) is 24.0 Å². The maximum atomic E-state index is 12.1. The van der Waals surface area contributed by atoms with E-state index in [-0.39, 0.29) is 23.2 Å². The molecule has 1 aliphatic rings. The number of nitrogen functional groups attached to an aromatic ring is 1. The SMILES string of the molecule is Nc1cc(C(=O)NC2CCSC2)ccc1OC(F)(F)F. The Labute approximate surface area is 117 Å². The van der Waals surface area contributed by atoms with Gasteiger partial charge in [0.1, 0.15) is 0 Å². The van der Waals surface area contributed by atoms with Gasteiger partial charge in [0.2, 0.25) is 0 Å². The van der Waals surface area contributed by atoms with E-state index in [0.29, 0.717) is 0 Å². The molecule has 110 valence electrons. The number of nitrogens with two attached hydrogens (primary N) is 1. The van der Waals surface area contributed by atoms with Crippen molar-refractivity contribution in [1.29, 1.82) is 0 Å². The highest BCUT2D eigenvalue weighted by Crippen LogP contribution is 2.29. The number of carbonyl (C=O) groups excluding carboxylic acids is 1. The predicted molar refractivity (Wildman–Crippen MR) is 70.7 cm³/mol. The van der Waals surface area contributed by atoms with Crippen LogP contribution in [0.4, 0.5) is 18.9 Å². The van der Waals surface area contributed by atoms with Crippen LogP contribution in [0, 0.1) is 0 Å². The Morgan fingerprint density at radius 1 is 1.45 bits per heavy atom. The van der Waals surface area contributed by atoms with Crippen molar-refractivity contribution >= 4 is 23.4 Å². The maximum Gasteiger partial charge on any atom is 0.573 e. The number of hydrogen-bond donors (Lipinski definition) is 2. The molecule has 20 heavy (non-hydrogen) atoms. The van der Waals surface area contributed by atoms with E-state index in [9.17, 15) is 18.0 Å². The Morgan fingerprint density at radius 2 is 2.20 bits per heavy atom. The fraction of sp³-hybridized carbons (Fsp3) is 0.417. The van der Waals surface area contributed by atoms with Gasteiger partial charge in [0.15, 0.2) is 5.75 Å². The third kappa shape index (κ3) is 3.96. The molecule has 1 aliphatic heterocycles. The summed E-state index contributed by atoms with van der Waals surface area (Å²) in [5, 5.41) is 2.81. The molecule has 1 saturated heterocycles. The van der Waals surface area contributed by atoms with Gasteiger partial charge in [-0.1, -0.05) is 0 Å². The number of anilines is 1. The molecule has 4 nitrogen and oxygen atoms in total. The van der Waals surface area contributed by atoms with Crippen molar-refractivity contribution < 1.29 is 22.7 Å². The van der Waals surface area contributed by atoms with Crippen LogP contribution in [-0.4, -0.2) is 29.8 Å². The Kier molecular flexibility index (Phi) is 4.32. The van der Waals surface area contributed by atoms with Gasteiger partial charge < -0.3 is 15.8 Å². The highest BCUT2D eigenvalue weighted by molar-refractivity contribution is 7.99. The highest BCUT2D eigenvalue weighted by atomic mass is 32.2. The van der Waals surface area contributed by atoms with Crippen LogP contribution >= 0.6 is 11.8 Å². The van der Waals surface area contributed by atoms with Gasteiger partial charge in [0.25, 0.3) is 5.91 Å². The molecule has 0 saturated carbocycles. The lowest BCUT2D eigenvalue weighted by Crippen LogP contribution is -2.34. The summed E-state index contributed by atoms with van der Waals surface area (Å²) in [7, 11) is 0. The van der Waals surface area contributed by atoms with Crippen LogP contribution < -0.4 is 15.8 Å². The van der Waals surface area contributed by atoms with Gasteiger partial charge in [-0.2, -0.15) is 11.8 Å². The van der Waals surface area contributed by atoms with Gasteiger partial charge in [-0.15, -0.1) is 13.2 Å². The zero-order chi connectivity index (χ0) is 14.8. The topological polar surface area (TPSA) is 64.4 Å². The highest BCUT2D eigenvalue weighted by Gasteiger charge is 2.32. The number of rotatable bonds is 3. The van der Waals surface area contributed by atoms with Crippen molar-refractivity contribution in [3.05, 3.63) is 23.8 Å². The maximum absolute atomic E-state index is 12.1. The van der Waals surface area contributed by atoms with Crippen molar-refractivity contribution in [2.24, 2.45) is 0 Å². The number of halogens is 3. The zero-order valence-electron chi connectivity index (χ0n) is 10.4. The molecule has 1 aromatic carbocycles. The second kappa shape index (κ2) is 5.82. The number of alkyl halides is 3. The molecule has 1 unspecified atom stereocenters. The fourth-order valence-corrected chi connectivity index (χ4v) is 2.98. The summed E-state index contributed by atoms with van der Waals surface area (Å²) in [6.45, 7) is 0. The standard InChI is InChI=1S/C12H13F3N2O2S/c13-12(14,15)19-10-2-1-7(5-9(10)16)11(18)17-8-3-4-20-6-8/h1-2,5,8H,3-4,6,16H2,(H,17,18). The number of amides is 1. The summed E-state index contributed by atoms with van der Waals surface area (Å²) < 4.78 is 40.0. The molecule has 1 aromatic rings. The fourth-order valence-electron chi connectivity index (χ4n) is 1.82. The average Bonchev–Trinajstić information content (AvgIpc) is 2.83. The van der Waals surface area contributed by atoms with Gasteiger partial charge in [0, 0.05) is 17.4 Å². The third-order valence-corrected chi connectivity index (χ3v) is 3.93. The minimum Gasteiger partial charge on any atom is -0.404 e. The molecule has 1 atom stereocenters. The Hall–Kier alpha value is -1.57. The van der Waals surface area contributed by atoms with Gasteiger partial charge >= 0.3 is 6.36 Å². The molecule has 1 fully saturated rings. The minimum absolute atomic E-state index is 0.0971. The van der Waals surface area contributed by atoms with Crippen LogP contribution in [0.3, 0.4) is 0 Å². The van der Waals surface area contributed by atoms with E-state index in [4.69, 9.17) is 5.73 Å². The number of benzene rings is 1. The van der Waals surface area contributed by atoms with Crippen molar-refractivity contribution in [2.45, 2.75) is 18.8 Å². The van der Waals surface area contributed by atoms with E-state index < -0.39 is 12.1 Å². The van der Waals surface area contributed by atoms with Gasteiger partial charge in [-0.05, 0) is 30.4 Å². The summed E-state index contributed by atoms with van der Waals surface area (Å²) >= 11 is 1.75. The number of thioether (sulfide) groups is 1. The normalized spacial score (nSPS) is 18.9. The largest absolute Gasteiger partial charge is 0.573 e. The first-order valence-corrected chi connectivity index (χ1v) is 7.04. The molecule has 8 heteroatoms. The smallest absolute Gasteiger partial charge is 0.404 e. The second-order valence-corrected chi connectivity index (χ2v) is 5.48. The van der Waals surface area contributed by atoms with Crippen LogP contribution in [0.25, 0.3) is 0 Å². The molecular formula is C12H13F3N2O2S. The van der Waals surface area contributed by atoms with Crippen LogP contribution in [-0.2, 0) is 0 Å². The minimum atomic E-state index is -4.81. The first-order chi connectivity index (χ1) is 9.35. The van der Waals surface area contributed by atoms with Crippen LogP contribution in [0.15, 0.2) is 18.2 Å². The number of carbonyl (C=O) groups is 1. The summed E-state index contributed by atoms with van der Waals surface area (Å²) in [5.41, 5.74) is 5.46. The molecule has 1 heterocycles. The summed E-state index contributed by atoms with van der Waals surface area (Å²) in [4.78, 5) is 11.9. The Morgan fingerprint density at radius 3 is 2.75 bits per heavy atom. The van der Waals surface area contributed by atoms with Crippen molar-refractivity contribution in [3.63, 3.8) is 0 Å². The molecule has 0 radical (unpaired) electrons. The molecule has 0 bridgehead atoms. The molecule has 0 spiro atoms. The first-order valence-electron chi connectivity index (χ1n) is 5.89. The average molecular weight is 306 g/mol. The van der Waals surface area contributed by atoms with Crippen LogP contribution in [0.5, 0.6) is 5.75 Å². The molecule has 0 aromatic heterocycles.